The Morgan fingerprint density at radius 1 is 1.33 bits per heavy atom. The number of aliphatic imine (C=N–C) groups is 1. The summed E-state index contributed by atoms with van der Waals surface area (Å²) in [5.74, 6) is -1.98. The van der Waals surface area contributed by atoms with Gasteiger partial charge in [0.25, 0.3) is 0 Å². The molecule has 0 saturated heterocycles. The number of halogens is 3. The zero-order valence-electron chi connectivity index (χ0n) is 8.63. The summed E-state index contributed by atoms with van der Waals surface area (Å²) in [7, 11) is 0. The lowest BCUT2D eigenvalue weighted by atomic mass is 10.2. The first-order chi connectivity index (χ1) is 8.46. The van der Waals surface area contributed by atoms with Crippen LogP contribution in [0.2, 0.25) is 0 Å². The summed E-state index contributed by atoms with van der Waals surface area (Å²) in [6.45, 7) is 0. The fourth-order valence-corrected chi connectivity index (χ4v) is 1.16. The third-order valence-corrected chi connectivity index (χ3v) is 2.01. The molecule has 9 heteroatoms. The summed E-state index contributed by atoms with van der Waals surface area (Å²) < 4.78 is 42.8. The van der Waals surface area contributed by atoms with Crippen molar-refractivity contribution in [2.75, 3.05) is 0 Å². The van der Waals surface area contributed by atoms with Crippen molar-refractivity contribution in [3.05, 3.63) is 24.4 Å². The van der Waals surface area contributed by atoms with Crippen LogP contribution >= 0.6 is 0 Å². The average Bonchev–Trinajstić information content (AvgIpc) is 2.80. The fraction of sp³-hybridized carbons (Fsp3) is 0.222. The molecular formula is C9H5F3N4O2. The smallest absolute Gasteiger partial charge is 0.404 e. The Morgan fingerprint density at radius 2 is 2.11 bits per heavy atom. The summed E-state index contributed by atoms with van der Waals surface area (Å²) in [4.78, 5) is 18.1. The number of pyridine rings is 1. The van der Waals surface area contributed by atoms with Crippen molar-refractivity contribution in [2.45, 2.75) is 11.8 Å². The minimum Gasteiger partial charge on any atom is -0.404 e. The molecule has 0 spiro atoms. The van der Waals surface area contributed by atoms with Crippen LogP contribution in [0.3, 0.4) is 0 Å². The van der Waals surface area contributed by atoms with E-state index in [1.165, 1.54) is 24.4 Å². The number of hydrogen-bond acceptors (Lipinski definition) is 6. The summed E-state index contributed by atoms with van der Waals surface area (Å²) in [5.41, 5.74) is -3.33. The predicted molar refractivity (Wildman–Crippen MR) is 52.0 cm³/mol. The highest BCUT2D eigenvalue weighted by molar-refractivity contribution is 5.86. The van der Waals surface area contributed by atoms with E-state index < -0.39 is 17.8 Å². The molecule has 1 aliphatic heterocycles. The molecule has 0 N–H and O–H groups in total. The van der Waals surface area contributed by atoms with Gasteiger partial charge in [0.15, 0.2) is 0 Å². The Balaban J connectivity index is 2.27. The largest absolute Gasteiger partial charge is 0.447 e. The number of esters is 1. The van der Waals surface area contributed by atoms with Crippen LogP contribution in [0.25, 0.3) is 0 Å². The highest BCUT2D eigenvalue weighted by Crippen LogP contribution is 2.38. The number of azo groups is 1. The van der Waals surface area contributed by atoms with E-state index >= 15 is 0 Å². The van der Waals surface area contributed by atoms with E-state index in [4.69, 9.17) is 0 Å². The van der Waals surface area contributed by atoms with Crippen molar-refractivity contribution in [3.63, 3.8) is 0 Å². The van der Waals surface area contributed by atoms with Crippen molar-refractivity contribution in [3.8, 4) is 5.88 Å². The number of nitrogens with zero attached hydrogens (tertiary/aromatic N) is 4. The lowest BCUT2D eigenvalue weighted by molar-refractivity contribution is -0.197. The number of ether oxygens (including phenoxy) is 1. The van der Waals surface area contributed by atoms with E-state index in [1.54, 1.807) is 0 Å². The second-order valence-corrected chi connectivity index (χ2v) is 3.19. The van der Waals surface area contributed by atoms with Gasteiger partial charge in [-0.1, -0.05) is 6.07 Å². The van der Waals surface area contributed by atoms with Gasteiger partial charge in [-0.2, -0.15) is 13.2 Å². The molecule has 1 aromatic heterocycles. The van der Waals surface area contributed by atoms with E-state index in [2.05, 4.69) is 24.9 Å². The van der Waals surface area contributed by atoms with Gasteiger partial charge in [-0.15, -0.1) is 10.2 Å². The van der Waals surface area contributed by atoms with Crippen molar-refractivity contribution < 1.29 is 22.7 Å². The molecule has 0 radical (unpaired) electrons. The van der Waals surface area contributed by atoms with Gasteiger partial charge in [-0.3, -0.25) is 0 Å². The lowest BCUT2D eigenvalue weighted by Gasteiger charge is -2.21. The van der Waals surface area contributed by atoms with E-state index in [1.807, 2.05) is 0 Å². The summed E-state index contributed by atoms with van der Waals surface area (Å²) in [5, 5.41) is 5.77. The van der Waals surface area contributed by atoms with Crippen molar-refractivity contribution in [2.24, 2.45) is 15.2 Å². The first-order valence-electron chi connectivity index (χ1n) is 4.61. The van der Waals surface area contributed by atoms with Crippen molar-refractivity contribution in [1.82, 2.24) is 4.98 Å². The number of hydrogen-bond donors (Lipinski definition) is 0. The maximum absolute atomic E-state index is 12.8. The molecule has 94 valence electrons. The van der Waals surface area contributed by atoms with Crippen molar-refractivity contribution >= 4 is 12.3 Å². The van der Waals surface area contributed by atoms with Gasteiger partial charge >= 0.3 is 17.8 Å². The molecule has 1 aliphatic rings. The second kappa shape index (κ2) is 4.17. The molecule has 0 aliphatic carbocycles. The first kappa shape index (κ1) is 12.1. The Morgan fingerprint density at radius 3 is 2.61 bits per heavy atom. The van der Waals surface area contributed by atoms with Crippen LogP contribution in [0.15, 0.2) is 39.6 Å². The summed E-state index contributed by atoms with van der Waals surface area (Å²) in [6.07, 6.45) is -3.22. The molecule has 18 heavy (non-hydrogen) atoms. The molecule has 0 saturated carbocycles. The predicted octanol–water partition coefficient (Wildman–Crippen LogP) is 1.74. The number of carbonyl (C=O) groups excluding carboxylic acids is 1. The highest BCUT2D eigenvalue weighted by Gasteiger charge is 2.65. The van der Waals surface area contributed by atoms with Gasteiger partial charge in [0, 0.05) is 12.3 Å². The Bertz CT molecular complexity index is 500. The van der Waals surface area contributed by atoms with Crippen molar-refractivity contribution in [1.29, 1.82) is 0 Å². The minimum atomic E-state index is -5.03. The van der Waals surface area contributed by atoms with Crippen LogP contribution < -0.4 is 4.74 Å². The third kappa shape index (κ3) is 1.94. The van der Waals surface area contributed by atoms with Crippen LogP contribution in [0.1, 0.15) is 0 Å². The molecule has 1 aromatic rings. The number of alkyl halides is 3. The van der Waals surface area contributed by atoms with E-state index in [0.717, 1.165) is 0 Å². The minimum absolute atomic E-state index is 0.275. The fourth-order valence-electron chi connectivity index (χ4n) is 1.16. The van der Waals surface area contributed by atoms with Gasteiger partial charge in [0.2, 0.25) is 5.88 Å². The van der Waals surface area contributed by atoms with Gasteiger partial charge in [0.05, 0.1) is 0 Å². The van der Waals surface area contributed by atoms with E-state index in [-0.39, 0.29) is 5.88 Å². The highest BCUT2D eigenvalue weighted by atomic mass is 19.4. The zero-order valence-corrected chi connectivity index (χ0v) is 8.63. The second-order valence-electron chi connectivity index (χ2n) is 3.19. The Kier molecular flexibility index (Phi) is 2.81. The van der Waals surface area contributed by atoms with Gasteiger partial charge in [-0.25, -0.2) is 14.8 Å². The van der Waals surface area contributed by atoms with Crippen LogP contribution in [-0.4, -0.2) is 29.1 Å². The number of aromatic nitrogens is 1. The first-order valence-corrected chi connectivity index (χ1v) is 4.61. The average molecular weight is 258 g/mol. The Labute approximate surface area is 98.2 Å². The normalized spacial score (nSPS) is 22.2. The molecule has 6 nitrogen and oxygen atoms in total. The Hall–Kier alpha value is -2.32. The van der Waals surface area contributed by atoms with E-state index in [0.29, 0.717) is 6.34 Å². The summed E-state index contributed by atoms with van der Waals surface area (Å²) >= 11 is 0. The molecule has 0 amide bonds. The van der Waals surface area contributed by atoms with Crippen LogP contribution in [0, 0.1) is 0 Å². The monoisotopic (exact) mass is 258 g/mol. The maximum Gasteiger partial charge on any atom is 0.447 e. The number of rotatable bonds is 2. The van der Waals surface area contributed by atoms with Gasteiger partial charge in [-0.05, 0) is 6.07 Å². The molecule has 2 rings (SSSR count). The molecule has 1 atom stereocenters. The topological polar surface area (TPSA) is 76.3 Å². The lowest BCUT2D eigenvalue weighted by Crippen LogP contribution is -2.50. The molecule has 1 unspecified atom stereocenters. The molecule has 0 aromatic carbocycles. The molecule has 0 fully saturated rings. The summed E-state index contributed by atoms with van der Waals surface area (Å²) in [6, 6.07) is 4.21. The molecule has 0 bridgehead atoms. The van der Waals surface area contributed by atoms with E-state index in [9.17, 15) is 18.0 Å². The standard InChI is InChI=1S/C9H5F3N4O2/c10-9(11,12)8(14-5-15-16-8)7(17)18-6-3-1-2-4-13-6/h1-5H. The van der Waals surface area contributed by atoms with Crippen LogP contribution in [0.4, 0.5) is 13.2 Å². The van der Waals surface area contributed by atoms with Crippen LogP contribution in [0.5, 0.6) is 5.88 Å². The maximum atomic E-state index is 12.8. The molecular weight excluding hydrogens is 253 g/mol. The molecule has 2 heterocycles. The quantitative estimate of drug-likeness (QED) is 0.758. The van der Waals surface area contributed by atoms with Gasteiger partial charge < -0.3 is 4.74 Å². The van der Waals surface area contributed by atoms with Crippen LogP contribution in [-0.2, 0) is 4.79 Å². The third-order valence-electron chi connectivity index (χ3n) is 2.01. The van der Waals surface area contributed by atoms with Gasteiger partial charge in [0.1, 0.15) is 6.34 Å². The SMILES string of the molecule is O=C(Oc1ccccn1)C1(C(F)(F)F)N=CN=N1. The number of carbonyl (C=O) groups is 1. The zero-order chi connectivity index (χ0) is 13.2.